The van der Waals surface area contributed by atoms with E-state index in [2.05, 4.69) is 37.7 Å². The number of hydrogen-bond acceptors (Lipinski definition) is 6. The fraction of sp³-hybridized carbons (Fsp3) is 0.552. The molecular weight excluding hydrogens is 468 g/mol. The number of aromatic nitrogens is 2. The van der Waals surface area contributed by atoms with Crippen LogP contribution in [0.2, 0.25) is 0 Å². The van der Waals surface area contributed by atoms with Gasteiger partial charge in [-0.1, -0.05) is 58.0 Å². The third-order valence-corrected chi connectivity index (χ3v) is 6.54. The van der Waals surface area contributed by atoms with Crippen molar-refractivity contribution in [2.24, 2.45) is 11.3 Å². The summed E-state index contributed by atoms with van der Waals surface area (Å²) in [7, 11) is 0. The van der Waals surface area contributed by atoms with Gasteiger partial charge in [0.25, 0.3) is 5.91 Å². The van der Waals surface area contributed by atoms with E-state index < -0.39 is 5.97 Å². The first-order valence-corrected chi connectivity index (χ1v) is 13.0. The highest BCUT2D eigenvalue weighted by Gasteiger charge is 2.34. The van der Waals surface area contributed by atoms with E-state index in [9.17, 15) is 14.4 Å². The quantitative estimate of drug-likeness (QED) is 0.508. The van der Waals surface area contributed by atoms with Gasteiger partial charge in [0.05, 0.1) is 5.69 Å². The van der Waals surface area contributed by atoms with Crippen molar-refractivity contribution in [1.29, 1.82) is 0 Å². The topological polar surface area (TPSA) is 92.7 Å². The number of hydrogen-bond donors (Lipinski definition) is 0. The first kappa shape index (κ1) is 28.3. The van der Waals surface area contributed by atoms with Crippen LogP contribution in [0.5, 0.6) is 0 Å². The van der Waals surface area contributed by atoms with Crippen LogP contribution in [0.3, 0.4) is 0 Å². The second-order valence-electron chi connectivity index (χ2n) is 11.4. The van der Waals surface area contributed by atoms with Gasteiger partial charge in [0.1, 0.15) is 23.7 Å². The van der Waals surface area contributed by atoms with E-state index in [-0.39, 0.29) is 47.1 Å². The summed E-state index contributed by atoms with van der Waals surface area (Å²) in [5, 5.41) is 0. The van der Waals surface area contributed by atoms with Gasteiger partial charge in [0.2, 0.25) is 5.91 Å². The van der Waals surface area contributed by atoms with Crippen molar-refractivity contribution < 1.29 is 19.1 Å². The molecule has 0 saturated carbocycles. The molecule has 0 N–H and O–H groups in total. The SMILES string of the molecule is Cc1nc(C)c(C(=O)OCc2ccccc2)c(C(=O)N2CCN(C(=O)CC(C)CC(C)(C)C)C(C)C2)n1. The van der Waals surface area contributed by atoms with E-state index in [1.54, 1.807) is 18.7 Å². The molecule has 1 fully saturated rings. The molecule has 2 atom stereocenters. The van der Waals surface area contributed by atoms with Crippen molar-refractivity contribution in [3.05, 3.63) is 58.7 Å². The molecule has 1 aliphatic heterocycles. The number of rotatable bonds is 7. The summed E-state index contributed by atoms with van der Waals surface area (Å²) in [4.78, 5) is 51.8. The van der Waals surface area contributed by atoms with Gasteiger partial charge in [-0.2, -0.15) is 0 Å². The molecule has 2 aromatic rings. The van der Waals surface area contributed by atoms with Crippen molar-refractivity contribution in [2.75, 3.05) is 19.6 Å². The van der Waals surface area contributed by atoms with E-state index in [0.29, 0.717) is 37.6 Å². The molecule has 0 spiro atoms. The zero-order chi connectivity index (χ0) is 27.3. The molecule has 8 heteroatoms. The van der Waals surface area contributed by atoms with E-state index in [1.807, 2.05) is 42.2 Å². The van der Waals surface area contributed by atoms with Gasteiger partial charge in [-0.25, -0.2) is 14.8 Å². The van der Waals surface area contributed by atoms with Gasteiger partial charge in [0, 0.05) is 32.1 Å². The zero-order valence-electron chi connectivity index (χ0n) is 23.2. The maximum Gasteiger partial charge on any atom is 0.342 e. The fourth-order valence-corrected chi connectivity index (χ4v) is 5.10. The normalized spacial score (nSPS) is 16.9. The predicted molar refractivity (Wildman–Crippen MR) is 142 cm³/mol. The monoisotopic (exact) mass is 508 g/mol. The summed E-state index contributed by atoms with van der Waals surface area (Å²) < 4.78 is 5.51. The van der Waals surface area contributed by atoms with Gasteiger partial charge in [0.15, 0.2) is 0 Å². The number of esters is 1. The lowest BCUT2D eigenvalue weighted by molar-refractivity contribution is -0.136. The van der Waals surface area contributed by atoms with E-state index in [4.69, 9.17) is 4.74 Å². The first-order valence-electron chi connectivity index (χ1n) is 13.0. The third-order valence-electron chi connectivity index (χ3n) is 6.54. The Morgan fingerprint density at radius 2 is 1.76 bits per heavy atom. The molecule has 200 valence electrons. The second kappa shape index (κ2) is 11.8. The number of carbonyl (C=O) groups is 3. The average Bonchev–Trinajstić information content (AvgIpc) is 2.80. The van der Waals surface area contributed by atoms with Crippen LogP contribution in [0.25, 0.3) is 0 Å². The highest BCUT2D eigenvalue weighted by Crippen LogP contribution is 2.27. The number of ether oxygens (including phenoxy) is 1. The maximum absolute atomic E-state index is 13.6. The Morgan fingerprint density at radius 1 is 1.08 bits per heavy atom. The Balaban J connectivity index is 1.71. The molecule has 2 heterocycles. The molecule has 0 radical (unpaired) electrons. The van der Waals surface area contributed by atoms with Gasteiger partial charge in [-0.05, 0) is 44.1 Å². The van der Waals surface area contributed by atoms with Crippen LogP contribution in [-0.2, 0) is 16.1 Å². The Bertz CT molecular complexity index is 1130. The summed E-state index contributed by atoms with van der Waals surface area (Å²) in [5.41, 5.74) is 1.57. The smallest absolute Gasteiger partial charge is 0.342 e. The van der Waals surface area contributed by atoms with Gasteiger partial charge < -0.3 is 14.5 Å². The van der Waals surface area contributed by atoms with Gasteiger partial charge in [-0.3, -0.25) is 9.59 Å². The van der Waals surface area contributed by atoms with E-state index >= 15 is 0 Å². The maximum atomic E-state index is 13.6. The molecule has 1 saturated heterocycles. The summed E-state index contributed by atoms with van der Waals surface area (Å²) >= 11 is 0. The number of aryl methyl sites for hydroxylation is 2. The molecule has 2 amide bonds. The molecule has 0 bridgehead atoms. The lowest BCUT2D eigenvalue weighted by Crippen LogP contribution is -2.55. The molecule has 1 aliphatic rings. The number of nitrogens with zero attached hydrogens (tertiary/aromatic N) is 4. The van der Waals surface area contributed by atoms with Crippen LogP contribution >= 0.6 is 0 Å². The van der Waals surface area contributed by atoms with Crippen molar-refractivity contribution in [3.8, 4) is 0 Å². The van der Waals surface area contributed by atoms with Gasteiger partial charge in [-0.15, -0.1) is 0 Å². The van der Waals surface area contributed by atoms with Crippen LogP contribution in [0.1, 0.15) is 85.4 Å². The lowest BCUT2D eigenvalue weighted by Gasteiger charge is -2.40. The second-order valence-corrected chi connectivity index (χ2v) is 11.4. The Hall–Kier alpha value is -3.29. The minimum atomic E-state index is -0.626. The number of benzene rings is 1. The third kappa shape index (κ3) is 7.60. The predicted octanol–water partition coefficient (Wildman–Crippen LogP) is 4.59. The van der Waals surface area contributed by atoms with Crippen LogP contribution in [0, 0.1) is 25.2 Å². The van der Waals surface area contributed by atoms with Crippen molar-refractivity contribution >= 4 is 17.8 Å². The highest BCUT2D eigenvalue weighted by molar-refractivity contribution is 6.04. The first-order chi connectivity index (χ1) is 17.4. The Labute approximate surface area is 220 Å². The molecular formula is C29H40N4O4. The largest absolute Gasteiger partial charge is 0.457 e. The number of carbonyl (C=O) groups excluding carboxylic acids is 3. The molecule has 0 aliphatic carbocycles. The lowest BCUT2D eigenvalue weighted by atomic mass is 9.84. The van der Waals surface area contributed by atoms with Crippen molar-refractivity contribution in [1.82, 2.24) is 19.8 Å². The van der Waals surface area contributed by atoms with E-state index in [0.717, 1.165) is 12.0 Å². The Morgan fingerprint density at radius 3 is 2.38 bits per heavy atom. The molecule has 3 rings (SSSR count). The Kier molecular flexibility index (Phi) is 9.05. The average molecular weight is 509 g/mol. The summed E-state index contributed by atoms with van der Waals surface area (Å²) in [5.74, 6) is -0.152. The molecule has 37 heavy (non-hydrogen) atoms. The molecule has 1 aromatic heterocycles. The number of piperazine rings is 1. The number of amides is 2. The highest BCUT2D eigenvalue weighted by atomic mass is 16.5. The minimum Gasteiger partial charge on any atom is -0.457 e. The molecule has 1 aromatic carbocycles. The van der Waals surface area contributed by atoms with Crippen LogP contribution in [0.4, 0.5) is 0 Å². The molecule has 8 nitrogen and oxygen atoms in total. The van der Waals surface area contributed by atoms with Crippen molar-refractivity contribution in [2.45, 2.75) is 74.0 Å². The zero-order valence-corrected chi connectivity index (χ0v) is 23.2. The summed E-state index contributed by atoms with van der Waals surface area (Å²) in [6, 6.07) is 9.23. The van der Waals surface area contributed by atoms with E-state index in [1.165, 1.54) is 0 Å². The van der Waals surface area contributed by atoms with Crippen LogP contribution in [-0.4, -0.2) is 63.2 Å². The van der Waals surface area contributed by atoms with Crippen LogP contribution < -0.4 is 0 Å². The van der Waals surface area contributed by atoms with Crippen LogP contribution in [0.15, 0.2) is 30.3 Å². The summed E-state index contributed by atoms with van der Waals surface area (Å²) in [6.07, 6.45) is 1.47. The van der Waals surface area contributed by atoms with Crippen molar-refractivity contribution in [3.63, 3.8) is 0 Å². The standard InChI is InChI=1S/C29H40N4O4/c1-19(16-29(5,6)7)15-24(34)33-14-13-32(17-20(33)2)27(35)26-25(21(3)30-22(4)31-26)28(36)37-18-23-11-9-8-10-12-23/h8-12,19-20H,13-18H2,1-7H3. The summed E-state index contributed by atoms with van der Waals surface area (Å²) in [6.45, 7) is 15.3. The minimum absolute atomic E-state index is 0.0498. The fourth-order valence-electron chi connectivity index (χ4n) is 5.10. The molecule has 2 unspecified atom stereocenters. The van der Waals surface area contributed by atoms with Gasteiger partial charge >= 0.3 is 5.97 Å².